The summed E-state index contributed by atoms with van der Waals surface area (Å²) >= 11 is 12.3. The van der Waals surface area contributed by atoms with Gasteiger partial charge in [-0.2, -0.15) is 0 Å². The minimum atomic E-state index is 0.187. The van der Waals surface area contributed by atoms with Crippen LogP contribution in [0.25, 0.3) is 0 Å². The van der Waals surface area contributed by atoms with Gasteiger partial charge in [-0.05, 0) is 55.1 Å². The van der Waals surface area contributed by atoms with Gasteiger partial charge in [0.1, 0.15) is 0 Å². The summed E-state index contributed by atoms with van der Waals surface area (Å²) < 4.78 is 0. The second-order valence-corrected chi connectivity index (χ2v) is 7.37. The van der Waals surface area contributed by atoms with Crippen molar-refractivity contribution in [2.24, 2.45) is 17.1 Å². The minimum absolute atomic E-state index is 0.187. The summed E-state index contributed by atoms with van der Waals surface area (Å²) in [6, 6.07) is 5.98. The maximum atomic E-state index is 6.39. The maximum Gasteiger partial charge on any atom is 0.0624 e. The first-order valence-electron chi connectivity index (χ1n) is 7.07. The van der Waals surface area contributed by atoms with Crippen LogP contribution in [-0.2, 0) is 6.42 Å². The lowest BCUT2D eigenvalue weighted by Gasteiger charge is -2.37. The Hall–Kier alpha value is -0.240. The molecule has 0 saturated heterocycles. The Balaban J connectivity index is 1.98. The van der Waals surface area contributed by atoms with E-state index in [1.165, 1.54) is 25.7 Å². The number of benzene rings is 1. The smallest absolute Gasteiger partial charge is 0.0624 e. The molecule has 106 valence electrons. The fourth-order valence-corrected chi connectivity index (χ4v) is 3.37. The summed E-state index contributed by atoms with van der Waals surface area (Å²) in [6.07, 6.45) is 5.83. The molecule has 1 atom stereocenters. The largest absolute Gasteiger partial charge is 0.327 e. The number of halogens is 2. The van der Waals surface area contributed by atoms with Gasteiger partial charge in [-0.1, -0.05) is 49.2 Å². The molecular weight excluding hydrogens is 277 g/mol. The van der Waals surface area contributed by atoms with Crippen LogP contribution < -0.4 is 5.73 Å². The third-order valence-electron chi connectivity index (χ3n) is 4.48. The van der Waals surface area contributed by atoms with Gasteiger partial charge in [-0.15, -0.1) is 0 Å². The van der Waals surface area contributed by atoms with Crippen LogP contribution in [0.15, 0.2) is 18.2 Å². The maximum absolute atomic E-state index is 6.39. The highest BCUT2D eigenvalue weighted by atomic mass is 35.5. The van der Waals surface area contributed by atoms with Gasteiger partial charge in [0.05, 0.1) is 10.0 Å². The monoisotopic (exact) mass is 299 g/mol. The van der Waals surface area contributed by atoms with Gasteiger partial charge >= 0.3 is 0 Å². The van der Waals surface area contributed by atoms with Crippen molar-refractivity contribution in [1.82, 2.24) is 0 Å². The predicted molar refractivity (Wildman–Crippen MR) is 83.9 cm³/mol. The molecule has 2 N–H and O–H groups in total. The number of nitrogens with two attached hydrogens (primary N) is 1. The average Bonchev–Trinajstić information content (AvgIpc) is 2.35. The van der Waals surface area contributed by atoms with E-state index in [0.717, 1.165) is 12.0 Å². The zero-order chi connectivity index (χ0) is 14.0. The predicted octanol–water partition coefficient (Wildman–Crippen LogP) is 5.08. The van der Waals surface area contributed by atoms with Crippen molar-refractivity contribution in [2.45, 2.75) is 52.0 Å². The highest BCUT2D eigenvalue weighted by Gasteiger charge is 2.30. The lowest BCUT2D eigenvalue weighted by Crippen LogP contribution is -2.36. The quantitative estimate of drug-likeness (QED) is 0.827. The van der Waals surface area contributed by atoms with E-state index in [-0.39, 0.29) is 6.04 Å². The summed E-state index contributed by atoms with van der Waals surface area (Å²) in [5, 5.41) is 1.28. The van der Waals surface area contributed by atoms with Crippen molar-refractivity contribution in [2.75, 3.05) is 0 Å². The number of rotatable bonds is 3. The van der Waals surface area contributed by atoms with Crippen LogP contribution in [-0.4, -0.2) is 6.04 Å². The Bertz CT molecular complexity index is 432. The van der Waals surface area contributed by atoms with Gasteiger partial charge in [0.15, 0.2) is 0 Å². The van der Waals surface area contributed by atoms with Gasteiger partial charge in [-0.25, -0.2) is 0 Å². The summed E-state index contributed by atoms with van der Waals surface area (Å²) in [4.78, 5) is 0. The van der Waals surface area contributed by atoms with Crippen LogP contribution in [0.3, 0.4) is 0 Å². The Labute approximate surface area is 126 Å². The van der Waals surface area contributed by atoms with E-state index in [1.807, 2.05) is 18.2 Å². The fourth-order valence-electron chi connectivity index (χ4n) is 2.98. The van der Waals surface area contributed by atoms with Crippen LogP contribution in [0.5, 0.6) is 0 Å². The van der Waals surface area contributed by atoms with Crippen molar-refractivity contribution in [3.63, 3.8) is 0 Å². The van der Waals surface area contributed by atoms with Crippen LogP contribution >= 0.6 is 23.2 Å². The number of hydrogen-bond donors (Lipinski definition) is 1. The van der Waals surface area contributed by atoms with E-state index >= 15 is 0 Å². The summed E-state index contributed by atoms with van der Waals surface area (Å²) in [5.41, 5.74) is 7.95. The Kier molecular flexibility index (Phi) is 4.81. The summed E-state index contributed by atoms with van der Waals surface area (Å²) in [5.74, 6) is 0.614. The zero-order valence-electron chi connectivity index (χ0n) is 11.8. The third-order valence-corrected chi connectivity index (χ3v) is 5.33. The first kappa shape index (κ1) is 15.2. The second-order valence-electron chi connectivity index (χ2n) is 6.58. The molecule has 1 fully saturated rings. The summed E-state index contributed by atoms with van der Waals surface area (Å²) in [6.45, 7) is 4.70. The molecule has 1 nitrogen and oxygen atoms in total. The molecule has 1 aliphatic carbocycles. The van der Waals surface area contributed by atoms with E-state index in [1.54, 1.807) is 0 Å². The van der Waals surface area contributed by atoms with E-state index in [2.05, 4.69) is 13.8 Å². The SMILES string of the molecule is CC1(C)CCC(C(N)Cc2cccc(Cl)c2Cl)CC1. The molecule has 0 aromatic heterocycles. The molecule has 19 heavy (non-hydrogen) atoms. The van der Waals surface area contributed by atoms with Crippen molar-refractivity contribution in [3.8, 4) is 0 Å². The van der Waals surface area contributed by atoms with E-state index in [9.17, 15) is 0 Å². The van der Waals surface area contributed by atoms with Crippen LogP contribution in [0.2, 0.25) is 10.0 Å². The molecule has 1 aliphatic rings. The molecule has 0 spiro atoms. The minimum Gasteiger partial charge on any atom is -0.327 e. The van der Waals surface area contributed by atoms with Crippen molar-refractivity contribution >= 4 is 23.2 Å². The first-order chi connectivity index (χ1) is 8.89. The average molecular weight is 300 g/mol. The van der Waals surface area contributed by atoms with Gasteiger partial charge in [-0.3, -0.25) is 0 Å². The van der Waals surface area contributed by atoms with Crippen molar-refractivity contribution in [1.29, 1.82) is 0 Å². The molecule has 0 amide bonds. The third kappa shape index (κ3) is 3.87. The second kappa shape index (κ2) is 6.03. The molecule has 1 unspecified atom stereocenters. The lowest BCUT2D eigenvalue weighted by atomic mass is 9.70. The van der Waals surface area contributed by atoms with E-state index in [4.69, 9.17) is 28.9 Å². The van der Waals surface area contributed by atoms with E-state index in [0.29, 0.717) is 21.4 Å². The zero-order valence-corrected chi connectivity index (χ0v) is 13.3. The molecule has 1 saturated carbocycles. The Morgan fingerprint density at radius 3 is 2.53 bits per heavy atom. The van der Waals surface area contributed by atoms with Gasteiger partial charge in [0.25, 0.3) is 0 Å². The topological polar surface area (TPSA) is 26.0 Å². The van der Waals surface area contributed by atoms with E-state index < -0.39 is 0 Å². The van der Waals surface area contributed by atoms with Crippen LogP contribution in [0.4, 0.5) is 0 Å². The van der Waals surface area contributed by atoms with Crippen LogP contribution in [0.1, 0.15) is 45.1 Å². The highest BCUT2D eigenvalue weighted by Crippen LogP contribution is 2.39. The standard InChI is InChI=1S/C16H23Cl2N/c1-16(2)8-6-11(7-9-16)14(19)10-12-4-3-5-13(17)15(12)18/h3-5,11,14H,6-10,19H2,1-2H3. The highest BCUT2D eigenvalue weighted by molar-refractivity contribution is 6.42. The molecule has 0 heterocycles. The molecular formula is C16H23Cl2N. The fraction of sp³-hybridized carbons (Fsp3) is 0.625. The van der Waals surface area contributed by atoms with Crippen molar-refractivity contribution in [3.05, 3.63) is 33.8 Å². The normalized spacial score (nSPS) is 21.3. The molecule has 2 rings (SSSR count). The first-order valence-corrected chi connectivity index (χ1v) is 7.83. The van der Waals surface area contributed by atoms with Gasteiger partial charge in [0.2, 0.25) is 0 Å². The van der Waals surface area contributed by atoms with Gasteiger partial charge in [0, 0.05) is 6.04 Å². The number of hydrogen-bond acceptors (Lipinski definition) is 1. The molecule has 0 radical (unpaired) electrons. The van der Waals surface area contributed by atoms with Gasteiger partial charge < -0.3 is 5.73 Å². The lowest BCUT2D eigenvalue weighted by molar-refractivity contribution is 0.173. The molecule has 3 heteroatoms. The molecule has 1 aromatic carbocycles. The molecule has 0 bridgehead atoms. The Morgan fingerprint density at radius 1 is 1.26 bits per heavy atom. The van der Waals surface area contributed by atoms with Crippen molar-refractivity contribution < 1.29 is 0 Å². The molecule has 1 aromatic rings. The van der Waals surface area contributed by atoms with Crippen LogP contribution in [0, 0.1) is 11.3 Å². The summed E-state index contributed by atoms with van der Waals surface area (Å²) in [7, 11) is 0. The Morgan fingerprint density at radius 2 is 1.89 bits per heavy atom. The molecule has 0 aliphatic heterocycles.